The van der Waals surface area contributed by atoms with Crippen LogP contribution in [0.4, 0.5) is 0 Å². The summed E-state index contributed by atoms with van der Waals surface area (Å²) in [6.45, 7) is 1.83. The van der Waals surface area contributed by atoms with Gasteiger partial charge in [-0.3, -0.25) is 4.79 Å². The Bertz CT molecular complexity index is 1260. The first-order chi connectivity index (χ1) is 14.1. The molecule has 0 aliphatic carbocycles. The average Bonchev–Trinajstić information content (AvgIpc) is 3.37. The Hall–Kier alpha value is -2.39. The Morgan fingerprint density at radius 3 is 2.77 bits per heavy atom. The maximum Gasteiger partial charge on any atom is 0.263 e. The first-order valence-electron chi connectivity index (χ1n) is 9.22. The number of aromatic amines is 1. The van der Waals surface area contributed by atoms with Gasteiger partial charge in [0.2, 0.25) is 5.82 Å². The maximum absolute atomic E-state index is 12.3. The van der Waals surface area contributed by atoms with Crippen molar-refractivity contribution >= 4 is 41.3 Å². The van der Waals surface area contributed by atoms with Gasteiger partial charge in [-0.25, -0.2) is 4.52 Å². The predicted molar refractivity (Wildman–Crippen MR) is 117 cm³/mol. The zero-order valence-corrected chi connectivity index (χ0v) is 17.9. The van der Waals surface area contributed by atoms with E-state index in [0.717, 1.165) is 31.6 Å². The Morgan fingerprint density at radius 2 is 1.97 bits per heavy atom. The second kappa shape index (κ2) is 8.39. The van der Waals surface area contributed by atoms with E-state index in [0.29, 0.717) is 32.6 Å². The SMILES string of the molecule is Cl.O=c1cc(C2CCNCC2)n2ncc(-c3nc(-c4cccc(Cl)c4Cl)no3)c2[nH]1. The molecule has 3 aromatic heterocycles. The van der Waals surface area contributed by atoms with E-state index < -0.39 is 0 Å². The number of benzene rings is 1. The van der Waals surface area contributed by atoms with Crippen LogP contribution in [0.25, 0.3) is 28.5 Å². The normalized spacial score (nSPS) is 14.7. The van der Waals surface area contributed by atoms with Gasteiger partial charge in [-0.1, -0.05) is 34.4 Å². The van der Waals surface area contributed by atoms with Crippen LogP contribution < -0.4 is 10.9 Å². The summed E-state index contributed by atoms with van der Waals surface area (Å²) in [4.78, 5) is 19.6. The highest BCUT2D eigenvalue weighted by Gasteiger charge is 2.23. The second-order valence-corrected chi connectivity index (χ2v) is 7.71. The van der Waals surface area contributed by atoms with Gasteiger partial charge in [0.05, 0.1) is 21.9 Å². The van der Waals surface area contributed by atoms with E-state index in [1.165, 1.54) is 0 Å². The van der Waals surface area contributed by atoms with Crippen molar-refractivity contribution in [3.05, 3.63) is 56.6 Å². The highest BCUT2D eigenvalue weighted by Crippen LogP contribution is 2.33. The summed E-state index contributed by atoms with van der Waals surface area (Å²) in [5.74, 6) is 0.810. The van der Waals surface area contributed by atoms with Crippen molar-refractivity contribution in [2.75, 3.05) is 13.1 Å². The minimum Gasteiger partial charge on any atom is -0.333 e. The molecule has 0 saturated carbocycles. The Kier molecular flexibility index (Phi) is 5.84. The number of halogens is 3. The summed E-state index contributed by atoms with van der Waals surface area (Å²) in [6, 6.07) is 6.82. The maximum atomic E-state index is 12.3. The number of hydrogen-bond donors (Lipinski definition) is 2. The lowest BCUT2D eigenvalue weighted by Gasteiger charge is -2.23. The lowest BCUT2D eigenvalue weighted by molar-refractivity contribution is 0.432. The second-order valence-electron chi connectivity index (χ2n) is 6.93. The smallest absolute Gasteiger partial charge is 0.263 e. The predicted octanol–water partition coefficient (Wildman–Crippen LogP) is 3.94. The molecule has 1 aromatic carbocycles. The van der Waals surface area contributed by atoms with E-state index in [4.69, 9.17) is 27.7 Å². The van der Waals surface area contributed by atoms with Crippen LogP contribution in [0.15, 0.2) is 39.8 Å². The van der Waals surface area contributed by atoms with Crippen molar-refractivity contribution in [2.45, 2.75) is 18.8 Å². The fourth-order valence-electron chi connectivity index (χ4n) is 3.70. The molecule has 5 rings (SSSR count). The lowest BCUT2D eigenvalue weighted by atomic mass is 9.94. The van der Waals surface area contributed by atoms with Crippen LogP contribution in [0.3, 0.4) is 0 Å². The number of H-pyrrole nitrogens is 1. The van der Waals surface area contributed by atoms with Crippen molar-refractivity contribution < 1.29 is 4.52 Å². The van der Waals surface area contributed by atoms with E-state index in [2.05, 4.69) is 25.5 Å². The fraction of sp³-hybridized carbons (Fsp3) is 0.263. The highest BCUT2D eigenvalue weighted by atomic mass is 35.5. The van der Waals surface area contributed by atoms with Crippen molar-refractivity contribution in [3.8, 4) is 22.8 Å². The van der Waals surface area contributed by atoms with Gasteiger partial charge >= 0.3 is 0 Å². The zero-order chi connectivity index (χ0) is 20.0. The molecule has 156 valence electrons. The summed E-state index contributed by atoms with van der Waals surface area (Å²) in [6.07, 6.45) is 3.52. The third-order valence-corrected chi connectivity index (χ3v) is 5.96. The first kappa shape index (κ1) is 20.9. The van der Waals surface area contributed by atoms with Gasteiger partial charge in [-0.2, -0.15) is 10.1 Å². The topological polar surface area (TPSA) is 101 Å². The molecule has 4 aromatic rings. The highest BCUT2D eigenvalue weighted by molar-refractivity contribution is 6.43. The minimum absolute atomic E-state index is 0. The Balaban J connectivity index is 0.00000218. The van der Waals surface area contributed by atoms with Gasteiger partial charge in [-0.15, -0.1) is 12.4 Å². The molecule has 0 unspecified atom stereocenters. The summed E-state index contributed by atoms with van der Waals surface area (Å²) in [5, 5.41) is 12.6. The van der Waals surface area contributed by atoms with Crippen LogP contribution in [0.2, 0.25) is 10.0 Å². The van der Waals surface area contributed by atoms with E-state index in [9.17, 15) is 4.79 Å². The molecule has 1 saturated heterocycles. The number of hydrogen-bond acceptors (Lipinski definition) is 6. The molecule has 0 atom stereocenters. The van der Waals surface area contributed by atoms with E-state index in [-0.39, 0.29) is 29.8 Å². The Labute approximate surface area is 187 Å². The van der Waals surface area contributed by atoms with Gasteiger partial charge in [0.1, 0.15) is 11.2 Å². The molecule has 0 amide bonds. The molecular weight excluding hydrogens is 451 g/mol. The molecule has 0 radical (unpaired) electrons. The summed E-state index contributed by atoms with van der Waals surface area (Å²) in [5.41, 5.74) is 2.34. The molecule has 2 N–H and O–H groups in total. The molecule has 11 heteroatoms. The third kappa shape index (κ3) is 3.60. The number of nitrogens with one attached hydrogen (secondary N) is 2. The van der Waals surface area contributed by atoms with Gasteiger partial charge < -0.3 is 14.8 Å². The molecule has 1 aliphatic heterocycles. The number of rotatable bonds is 3. The largest absolute Gasteiger partial charge is 0.333 e. The number of nitrogens with zero attached hydrogens (tertiary/aromatic N) is 4. The van der Waals surface area contributed by atoms with Crippen LogP contribution in [-0.2, 0) is 0 Å². The van der Waals surface area contributed by atoms with Crippen molar-refractivity contribution in [3.63, 3.8) is 0 Å². The zero-order valence-electron chi connectivity index (χ0n) is 15.6. The average molecular weight is 468 g/mol. The van der Waals surface area contributed by atoms with Crippen molar-refractivity contribution in [1.82, 2.24) is 30.1 Å². The van der Waals surface area contributed by atoms with Gasteiger partial charge in [-0.05, 0) is 38.1 Å². The lowest BCUT2D eigenvalue weighted by Crippen LogP contribution is -2.28. The van der Waals surface area contributed by atoms with E-state index in [1.54, 1.807) is 35.0 Å². The molecule has 0 bridgehead atoms. The van der Waals surface area contributed by atoms with Crippen LogP contribution >= 0.6 is 35.6 Å². The molecule has 4 heterocycles. The number of piperidine rings is 1. The first-order valence-corrected chi connectivity index (χ1v) is 9.97. The molecular formula is C19H17Cl3N6O2. The van der Waals surface area contributed by atoms with Gasteiger partial charge in [0.25, 0.3) is 11.4 Å². The molecule has 1 fully saturated rings. The fourth-order valence-corrected chi connectivity index (χ4v) is 4.08. The standard InChI is InChI=1S/C19H16Cl2N6O2.ClH/c20-13-3-1-2-11(16(13)21)17-25-19(29-26-17)12-9-23-27-14(8-15(28)24-18(12)27)10-4-6-22-7-5-10;/h1-3,8-10,22H,4-7H2,(H,24,28);1H. The number of aromatic nitrogens is 5. The number of fused-ring (bicyclic) bond motifs is 1. The van der Waals surface area contributed by atoms with Crippen LogP contribution in [0, 0.1) is 0 Å². The minimum atomic E-state index is -0.189. The van der Waals surface area contributed by atoms with Crippen LogP contribution in [0.5, 0.6) is 0 Å². The van der Waals surface area contributed by atoms with Crippen LogP contribution in [-0.4, -0.2) is 37.8 Å². The summed E-state index contributed by atoms with van der Waals surface area (Å²) < 4.78 is 7.20. The summed E-state index contributed by atoms with van der Waals surface area (Å²) in [7, 11) is 0. The quantitative estimate of drug-likeness (QED) is 0.473. The third-order valence-electron chi connectivity index (χ3n) is 5.14. The molecule has 1 aliphatic rings. The van der Waals surface area contributed by atoms with Crippen molar-refractivity contribution in [2.24, 2.45) is 0 Å². The van der Waals surface area contributed by atoms with Crippen molar-refractivity contribution in [1.29, 1.82) is 0 Å². The van der Waals surface area contributed by atoms with Gasteiger partial charge in [0, 0.05) is 17.5 Å². The van der Waals surface area contributed by atoms with E-state index >= 15 is 0 Å². The molecule has 0 spiro atoms. The monoisotopic (exact) mass is 466 g/mol. The Morgan fingerprint density at radius 1 is 1.17 bits per heavy atom. The van der Waals surface area contributed by atoms with Crippen LogP contribution in [0.1, 0.15) is 24.5 Å². The van der Waals surface area contributed by atoms with Gasteiger partial charge in [0.15, 0.2) is 0 Å². The molecule has 8 nitrogen and oxygen atoms in total. The molecule has 30 heavy (non-hydrogen) atoms. The van der Waals surface area contributed by atoms with E-state index in [1.807, 2.05) is 0 Å². The summed E-state index contributed by atoms with van der Waals surface area (Å²) >= 11 is 12.3.